The van der Waals surface area contributed by atoms with Gasteiger partial charge in [-0.05, 0) is 65.2 Å². The fourth-order valence-electron chi connectivity index (χ4n) is 3.40. The molecule has 6 heteroatoms. The molecular weight excluding hydrogens is 302 g/mol. The van der Waals surface area contributed by atoms with Gasteiger partial charge in [0.15, 0.2) is 0 Å². The Morgan fingerprint density at radius 2 is 2.08 bits per heavy atom. The number of likely N-dealkylation sites (tertiary alicyclic amines) is 1. The van der Waals surface area contributed by atoms with Crippen molar-refractivity contribution in [3.63, 3.8) is 0 Å². The Kier molecular flexibility index (Phi) is 5.36. The van der Waals surface area contributed by atoms with Gasteiger partial charge in [-0.2, -0.15) is 5.10 Å². The van der Waals surface area contributed by atoms with Gasteiger partial charge < -0.3 is 9.73 Å². The van der Waals surface area contributed by atoms with Crippen LogP contribution >= 0.6 is 0 Å². The molecule has 0 spiro atoms. The molecule has 24 heavy (non-hydrogen) atoms. The van der Waals surface area contributed by atoms with E-state index in [0.717, 1.165) is 49.4 Å². The molecule has 0 aliphatic carbocycles. The van der Waals surface area contributed by atoms with Gasteiger partial charge in [0.25, 0.3) is 0 Å². The van der Waals surface area contributed by atoms with Crippen LogP contribution in [0.2, 0.25) is 0 Å². The normalized spacial score (nSPS) is 18.2. The first-order valence-corrected chi connectivity index (χ1v) is 8.89. The fourth-order valence-corrected chi connectivity index (χ4v) is 3.40. The SMILES string of the molecule is Cc1nc(CN2CCC(CNC(C)c3ccnn3C)CC2)oc1C. The minimum Gasteiger partial charge on any atom is -0.444 e. The van der Waals surface area contributed by atoms with E-state index < -0.39 is 0 Å². The van der Waals surface area contributed by atoms with Crippen LogP contribution in [0.15, 0.2) is 16.7 Å². The second-order valence-corrected chi connectivity index (χ2v) is 6.98. The van der Waals surface area contributed by atoms with Crippen LogP contribution in [0.1, 0.15) is 48.8 Å². The highest BCUT2D eigenvalue weighted by molar-refractivity contribution is 5.06. The summed E-state index contributed by atoms with van der Waals surface area (Å²) in [5.74, 6) is 2.53. The van der Waals surface area contributed by atoms with Crippen LogP contribution in [0, 0.1) is 19.8 Å². The van der Waals surface area contributed by atoms with Gasteiger partial charge in [-0.15, -0.1) is 0 Å². The molecule has 1 fully saturated rings. The average Bonchev–Trinajstić information content (AvgIpc) is 3.12. The summed E-state index contributed by atoms with van der Waals surface area (Å²) in [5.41, 5.74) is 2.25. The molecule has 3 rings (SSSR count). The topological polar surface area (TPSA) is 59.1 Å². The summed E-state index contributed by atoms with van der Waals surface area (Å²) < 4.78 is 7.65. The Bertz CT molecular complexity index is 635. The van der Waals surface area contributed by atoms with Crippen LogP contribution in [0.25, 0.3) is 0 Å². The fraction of sp³-hybridized carbons (Fsp3) is 0.667. The highest BCUT2D eigenvalue weighted by Crippen LogP contribution is 2.20. The largest absolute Gasteiger partial charge is 0.444 e. The average molecular weight is 331 g/mol. The summed E-state index contributed by atoms with van der Waals surface area (Å²) in [6.07, 6.45) is 4.31. The number of oxazole rings is 1. The molecular formula is C18H29N5O. The van der Waals surface area contributed by atoms with E-state index in [1.807, 2.05) is 31.8 Å². The van der Waals surface area contributed by atoms with Crippen molar-refractivity contribution < 1.29 is 4.42 Å². The number of hydrogen-bond acceptors (Lipinski definition) is 5. The Morgan fingerprint density at radius 3 is 2.67 bits per heavy atom. The van der Waals surface area contributed by atoms with Gasteiger partial charge in [0.1, 0.15) is 5.76 Å². The van der Waals surface area contributed by atoms with Crippen molar-refractivity contribution >= 4 is 0 Å². The van der Waals surface area contributed by atoms with Gasteiger partial charge in [0.2, 0.25) is 5.89 Å². The van der Waals surface area contributed by atoms with Crippen molar-refractivity contribution in [2.75, 3.05) is 19.6 Å². The quantitative estimate of drug-likeness (QED) is 0.882. The van der Waals surface area contributed by atoms with Gasteiger partial charge in [0.05, 0.1) is 17.9 Å². The molecule has 1 aliphatic rings. The van der Waals surface area contributed by atoms with E-state index in [2.05, 4.69) is 33.3 Å². The van der Waals surface area contributed by atoms with Crippen molar-refractivity contribution in [3.8, 4) is 0 Å². The molecule has 0 aromatic carbocycles. The second kappa shape index (κ2) is 7.49. The van der Waals surface area contributed by atoms with Crippen molar-refractivity contribution in [2.45, 2.75) is 46.2 Å². The highest BCUT2D eigenvalue weighted by atomic mass is 16.4. The molecule has 6 nitrogen and oxygen atoms in total. The predicted molar refractivity (Wildman–Crippen MR) is 93.6 cm³/mol. The van der Waals surface area contributed by atoms with Crippen molar-refractivity contribution in [2.24, 2.45) is 13.0 Å². The summed E-state index contributed by atoms with van der Waals surface area (Å²) in [4.78, 5) is 6.94. The molecule has 1 saturated heterocycles. The zero-order chi connectivity index (χ0) is 17.1. The molecule has 0 radical (unpaired) electrons. The molecule has 1 atom stereocenters. The molecule has 2 aromatic rings. The Morgan fingerprint density at radius 1 is 1.33 bits per heavy atom. The van der Waals surface area contributed by atoms with Crippen molar-refractivity contribution in [3.05, 3.63) is 35.3 Å². The molecule has 3 heterocycles. The Hall–Kier alpha value is -1.66. The summed E-state index contributed by atoms with van der Waals surface area (Å²) in [6, 6.07) is 2.43. The molecule has 0 bridgehead atoms. The minimum absolute atomic E-state index is 0.341. The summed E-state index contributed by atoms with van der Waals surface area (Å²) >= 11 is 0. The molecule has 1 aliphatic heterocycles. The van der Waals surface area contributed by atoms with E-state index >= 15 is 0 Å². The zero-order valence-electron chi connectivity index (χ0n) is 15.2. The van der Waals surface area contributed by atoms with Crippen molar-refractivity contribution in [1.29, 1.82) is 0 Å². The first-order valence-electron chi connectivity index (χ1n) is 8.89. The lowest BCUT2D eigenvalue weighted by molar-refractivity contribution is 0.160. The zero-order valence-corrected chi connectivity index (χ0v) is 15.2. The standard InChI is InChI=1S/C18H29N5O/c1-13-15(3)24-18(21-13)12-23-9-6-16(7-10-23)11-19-14(2)17-5-8-20-22(17)4/h5,8,14,16,19H,6-7,9-12H2,1-4H3. The third kappa shape index (κ3) is 4.05. The monoisotopic (exact) mass is 331 g/mol. The van der Waals surface area contributed by atoms with Gasteiger partial charge >= 0.3 is 0 Å². The number of aryl methyl sites for hydroxylation is 3. The number of aromatic nitrogens is 3. The maximum Gasteiger partial charge on any atom is 0.208 e. The minimum atomic E-state index is 0.341. The van der Waals surface area contributed by atoms with Crippen LogP contribution in [0.5, 0.6) is 0 Å². The van der Waals surface area contributed by atoms with E-state index in [1.54, 1.807) is 0 Å². The molecule has 0 saturated carbocycles. The lowest BCUT2D eigenvalue weighted by Gasteiger charge is -2.31. The first kappa shape index (κ1) is 17.2. The number of piperidine rings is 1. The van der Waals surface area contributed by atoms with Crippen LogP contribution in [-0.4, -0.2) is 39.3 Å². The smallest absolute Gasteiger partial charge is 0.208 e. The first-order chi connectivity index (χ1) is 11.5. The number of nitrogens with zero attached hydrogens (tertiary/aromatic N) is 4. The maximum absolute atomic E-state index is 5.70. The molecule has 0 amide bonds. The van der Waals surface area contributed by atoms with Crippen LogP contribution in [-0.2, 0) is 13.6 Å². The number of rotatable bonds is 6. The highest BCUT2D eigenvalue weighted by Gasteiger charge is 2.21. The molecule has 1 N–H and O–H groups in total. The van der Waals surface area contributed by atoms with Gasteiger partial charge in [0, 0.05) is 19.3 Å². The summed E-state index contributed by atoms with van der Waals surface area (Å²) in [7, 11) is 2.00. The third-order valence-corrected chi connectivity index (χ3v) is 5.15. The number of nitrogens with one attached hydrogen (secondary N) is 1. The van der Waals surface area contributed by atoms with Gasteiger partial charge in [-0.3, -0.25) is 9.58 Å². The summed E-state index contributed by atoms with van der Waals surface area (Å²) in [6.45, 7) is 10.3. The van der Waals surface area contributed by atoms with E-state index in [4.69, 9.17) is 4.42 Å². The Balaban J connectivity index is 1.41. The third-order valence-electron chi connectivity index (χ3n) is 5.15. The van der Waals surface area contributed by atoms with Crippen LogP contribution in [0.4, 0.5) is 0 Å². The summed E-state index contributed by atoms with van der Waals surface area (Å²) in [5, 5.41) is 7.91. The number of hydrogen-bond donors (Lipinski definition) is 1. The van der Waals surface area contributed by atoms with Crippen molar-refractivity contribution in [1.82, 2.24) is 25.0 Å². The van der Waals surface area contributed by atoms with E-state index in [-0.39, 0.29) is 0 Å². The maximum atomic E-state index is 5.70. The van der Waals surface area contributed by atoms with Crippen LogP contribution in [0.3, 0.4) is 0 Å². The van der Waals surface area contributed by atoms with E-state index in [1.165, 1.54) is 18.5 Å². The lowest BCUT2D eigenvalue weighted by atomic mass is 9.96. The van der Waals surface area contributed by atoms with E-state index in [0.29, 0.717) is 6.04 Å². The van der Waals surface area contributed by atoms with Gasteiger partial charge in [-0.25, -0.2) is 4.98 Å². The predicted octanol–water partition coefficient (Wildman–Crippen LogP) is 2.59. The van der Waals surface area contributed by atoms with E-state index in [9.17, 15) is 0 Å². The molecule has 1 unspecified atom stereocenters. The van der Waals surface area contributed by atoms with Crippen LogP contribution < -0.4 is 5.32 Å². The Labute approximate surface area is 144 Å². The molecule has 2 aromatic heterocycles. The molecule has 132 valence electrons. The second-order valence-electron chi connectivity index (χ2n) is 6.98. The van der Waals surface area contributed by atoms with Gasteiger partial charge in [-0.1, -0.05) is 0 Å². The lowest BCUT2D eigenvalue weighted by Crippen LogP contribution is -2.37.